The molecule has 0 saturated heterocycles. The summed E-state index contributed by atoms with van der Waals surface area (Å²) in [5.41, 5.74) is 7.33. The third kappa shape index (κ3) is 7.51. The number of carbonyl (C=O) groups excluding carboxylic acids is 2. The monoisotopic (exact) mass is 690 g/mol. The first-order valence-electron chi connectivity index (χ1n) is 17.5. The van der Waals surface area contributed by atoms with E-state index in [1.54, 1.807) is 16.1 Å². The average Bonchev–Trinajstić information content (AvgIpc) is 4.12. The highest BCUT2D eigenvalue weighted by molar-refractivity contribution is 5.95. The van der Waals surface area contributed by atoms with E-state index in [1.807, 2.05) is 122 Å². The molecule has 260 valence electrons. The van der Waals surface area contributed by atoms with Crippen LogP contribution in [0, 0.1) is 11.8 Å². The summed E-state index contributed by atoms with van der Waals surface area (Å²) in [6.07, 6.45) is 7.69. The maximum absolute atomic E-state index is 12.0. The van der Waals surface area contributed by atoms with Gasteiger partial charge in [-0.2, -0.15) is 10.2 Å². The second-order valence-electron chi connectivity index (χ2n) is 13.1. The fourth-order valence-corrected chi connectivity index (χ4v) is 6.03. The van der Waals surface area contributed by atoms with Gasteiger partial charge in [0.2, 0.25) is 11.8 Å². The van der Waals surface area contributed by atoms with Gasteiger partial charge in [0.05, 0.1) is 18.1 Å². The second kappa shape index (κ2) is 14.4. The summed E-state index contributed by atoms with van der Waals surface area (Å²) in [7, 11) is 1.65. The molecule has 7 aromatic rings. The number of anilines is 2. The van der Waals surface area contributed by atoms with Crippen molar-refractivity contribution in [1.29, 1.82) is 0 Å². The van der Waals surface area contributed by atoms with E-state index in [0.29, 0.717) is 18.2 Å². The molecular weight excluding hydrogens is 652 g/mol. The van der Waals surface area contributed by atoms with Gasteiger partial charge in [-0.05, 0) is 78.8 Å². The summed E-state index contributed by atoms with van der Waals surface area (Å²) >= 11 is 0. The number of rotatable bonds is 10. The van der Waals surface area contributed by atoms with E-state index in [-0.39, 0.29) is 23.7 Å². The Labute approximate surface area is 301 Å². The lowest BCUT2D eigenvalue weighted by Crippen LogP contribution is -2.13. The fourth-order valence-electron chi connectivity index (χ4n) is 6.03. The minimum absolute atomic E-state index is 0.0647. The molecule has 52 heavy (non-hydrogen) atoms. The van der Waals surface area contributed by atoms with Gasteiger partial charge < -0.3 is 20.1 Å². The summed E-state index contributed by atoms with van der Waals surface area (Å²) in [4.78, 5) is 23.9. The Morgan fingerprint density at radius 3 is 1.58 bits per heavy atom. The van der Waals surface area contributed by atoms with Crippen LogP contribution in [0.1, 0.15) is 31.2 Å². The Balaban J connectivity index is 0.000000153. The lowest BCUT2D eigenvalue weighted by Gasteiger charge is -2.08. The fraction of sp³-hybridized carbons (Fsp3) is 0.190. The van der Waals surface area contributed by atoms with Crippen LogP contribution in [-0.2, 0) is 16.2 Å². The van der Waals surface area contributed by atoms with Gasteiger partial charge in [-0.25, -0.2) is 9.03 Å². The van der Waals surface area contributed by atoms with Crippen molar-refractivity contribution in [2.45, 2.75) is 32.3 Å². The number of amides is 2. The minimum atomic E-state index is 0.0647. The maximum atomic E-state index is 12.0. The quantitative estimate of drug-likeness (QED) is 0.149. The number of benzene rings is 3. The molecular formula is C42H38N6O4. The SMILES string of the molecule is COc1ccc(-c2cccn3nc(NC(=O)C4CC4)cc23)cc1.O=C(Nc1cc2c(-c3ccc(OCc4ccccc4)cc3)cccn2n1)C1CC1. The van der Waals surface area contributed by atoms with Crippen LogP contribution >= 0.6 is 0 Å². The van der Waals surface area contributed by atoms with E-state index < -0.39 is 0 Å². The van der Waals surface area contributed by atoms with Gasteiger partial charge in [-0.15, -0.1) is 0 Å². The first-order chi connectivity index (χ1) is 25.5. The molecule has 2 N–H and O–H groups in total. The molecule has 2 aliphatic carbocycles. The Bertz CT molecular complexity index is 2340. The highest BCUT2D eigenvalue weighted by Crippen LogP contribution is 2.33. The molecule has 10 heteroatoms. The Morgan fingerprint density at radius 1 is 0.635 bits per heavy atom. The number of hydrogen-bond donors (Lipinski definition) is 2. The third-order valence-corrected chi connectivity index (χ3v) is 9.22. The largest absolute Gasteiger partial charge is 0.497 e. The molecule has 2 fully saturated rings. The zero-order valence-corrected chi connectivity index (χ0v) is 28.7. The second-order valence-corrected chi connectivity index (χ2v) is 13.1. The van der Waals surface area contributed by atoms with Crippen molar-refractivity contribution >= 4 is 34.5 Å². The van der Waals surface area contributed by atoms with Gasteiger partial charge in [0.25, 0.3) is 0 Å². The molecule has 10 nitrogen and oxygen atoms in total. The van der Waals surface area contributed by atoms with E-state index in [0.717, 1.165) is 76.0 Å². The first-order valence-corrected chi connectivity index (χ1v) is 17.5. The zero-order chi connectivity index (χ0) is 35.4. The Kier molecular flexibility index (Phi) is 9.10. The normalized spacial score (nSPS) is 13.6. The van der Waals surface area contributed by atoms with Gasteiger partial charge in [0, 0.05) is 47.5 Å². The first kappa shape index (κ1) is 32.8. The summed E-state index contributed by atoms with van der Waals surface area (Å²) < 4.78 is 14.7. The summed E-state index contributed by atoms with van der Waals surface area (Å²) in [5, 5.41) is 14.8. The lowest BCUT2D eigenvalue weighted by molar-refractivity contribution is -0.118. The molecule has 9 rings (SSSR count). The van der Waals surface area contributed by atoms with Gasteiger partial charge in [0.15, 0.2) is 11.6 Å². The molecule has 0 bridgehead atoms. The molecule has 0 spiro atoms. The number of fused-ring (bicyclic) bond motifs is 2. The van der Waals surface area contributed by atoms with Crippen LogP contribution < -0.4 is 20.1 Å². The predicted octanol–water partition coefficient (Wildman–Crippen LogP) is 8.29. The molecule has 4 heterocycles. The van der Waals surface area contributed by atoms with Crippen molar-refractivity contribution in [3.63, 3.8) is 0 Å². The molecule has 0 unspecified atom stereocenters. The molecule has 2 saturated carbocycles. The van der Waals surface area contributed by atoms with Crippen molar-refractivity contribution in [3.8, 4) is 33.8 Å². The van der Waals surface area contributed by atoms with E-state index in [4.69, 9.17) is 9.47 Å². The highest BCUT2D eigenvalue weighted by Gasteiger charge is 2.31. The van der Waals surface area contributed by atoms with E-state index in [1.165, 1.54) is 0 Å². The molecule has 0 radical (unpaired) electrons. The Hall–Kier alpha value is -6.42. The van der Waals surface area contributed by atoms with Gasteiger partial charge in [-0.3, -0.25) is 9.59 Å². The zero-order valence-electron chi connectivity index (χ0n) is 28.7. The third-order valence-electron chi connectivity index (χ3n) is 9.22. The molecule has 0 aliphatic heterocycles. The highest BCUT2D eigenvalue weighted by atomic mass is 16.5. The number of ether oxygens (including phenoxy) is 2. The van der Waals surface area contributed by atoms with Crippen LogP contribution in [0.2, 0.25) is 0 Å². The number of hydrogen-bond acceptors (Lipinski definition) is 6. The molecule has 4 aromatic heterocycles. The van der Waals surface area contributed by atoms with Crippen LogP contribution in [0.3, 0.4) is 0 Å². The van der Waals surface area contributed by atoms with E-state index in [9.17, 15) is 9.59 Å². The topological polar surface area (TPSA) is 111 Å². The van der Waals surface area contributed by atoms with Crippen LogP contribution in [0.15, 0.2) is 128 Å². The minimum Gasteiger partial charge on any atom is -0.497 e. The molecule has 2 amide bonds. The van der Waals surface area contributed by atoms with Crippen molar-refractivity contribution in [1.82, 2.24) is 19.2 Å². The van der Waals surface area contributed by atoms with Crippen molar-refractivity contribution in [2.24, 2.45) is 11.8 Å². The van der Waals surface area contributed by atoms with Crippen molar-refractivity contribution in [2.75, 3.05) is 17.7 Å². The summed E-state index contributed by atoms with van der Waals surface area (Å²) in [5.74, 6) is 3.31. The number of pyridine rings is 2. The van der Waals surface area contributed by atoms with E-state index in [2.05, 4.69) is 26.9 Å². The lowest BCUT2D eigenvalue weighted by atomic mass is 10.1. The number of carbonyl (C=O) groups is 2. The molecule has 2 aliphatic rings. The predicted molar refractivity (Wildman–Crippen MR) is 201 cm³/mol. The average molecular weight is 691 g/mol. The standard InChI is InChI=1S/C24H21N3O2.C18H17N3O2/c28-24(19-8-9-19)25-23-15-22-21(7-4-14-27(22)26-23)18-10-12-20(13-11-18)29-16-17-5-2-1-3-6-17;1-23-14-8-6-12(7-9-14)15-3-2-10-21-16(15)11-17(20-21)19-18(22)13-4-5-13/h1-7,10-15,19H,8-9,16H2,(H,25,26,28);2-3,6-11,13H,4-5H2,1H3,(H,19,20,22). The molecule has 3 aromatic carbocycles. The number of nitrogens with zero attached hydrogens (tertiary/aromatic N) is 4. The van der Waals surface area contributed by atoms with Crippen LogP contribution in [-0.4, -0.2) is 38.2 Å². The van der Waals surface area contributed by atoms with Gasteiger partial charge >= 0.3 is 0 Å². The van der Waals surface area contributed by atoms with Crippen molar-refractivity contribution < 1.29 is 19.1 Å². The maximum Gasteiger partial charge on any atom is 0.228 e. The van der Waals surface area contributed by atoms with Crippen molar-refractivity contribution in [3.05, 3.63) is 133 Å². The number of aromatic nitrogens is 4. The smallest absolute Gasteiger partial charge is 0.228 e. The van der Waals surface area contributed by atoms with Crippen LogP contribution in [0.25, 0.3) is 33.3 Å². The summed E-state index contributed by atoms with van der Waals surface area (Å²) in [6, 6.07) is 37.9. The summed E-state index contributed by atoms with van der Waals surface area (Å²) in [6.45, 7) is 0.544. The Morgan fingerprint density at radius 2 is 1.12 bits per heavy atom. The molecule has 0 atom stereocenters. The van der Waals surface area contributed by atoms with Crippen LogP contribution in [0.5, 0.6) is 11.5 Å². The van der Waals surface area contributed by atoms with Gasteiger partial charge in [0.1, 0.15) is 18.1 Å². The van der Waals surface area contributed by atoms with E-state index >= 15 is 0 Å². The number of nitrogens with one attached hydrogen (secondary N) is 2. The van der Waals surface area contributed by atoms with Crippen LogP contribution in [0.4, 0.5) is 11.6 Å². The van der Waals surface area contributed by atoms with Gasteiger partial charge in [-0.1, -0.05) is 66.7 Å². The number of methoxy groups -OCH3 is 1.